The summed E-state index contributed by atoms with van der Waals surface area (Å²) >= 11 is 1.61. The fraction of sp³-hybridized carbons (Fsp3) is 0.364. The number of Topliss-reactive ketones (excluding diaryl/α,β-unsaturated/α-hetero) is 1. The lowest BCUT2D eigenvalue weighted by Crippen LogP contribution is -3.15. The highest BCUT2D eigenvalue weighted by atomic mass is 32.1. The van der Waals surface area contributed by atoms with Crippen molar-refractivity contribution in [1.82, 2.24) is 9.88 Å². The summed E-state index contributed by atoms with van der Waals surface area (Å²) in [6.07, 6.45) is 2.99. The predicted molar refractivity (Wildman–Crippen MR) is 111 cm³/mol. The van der Waals surface area contributed by atoms with Crippen molar-refractivity contribution in [2.45, 2.75) is 25.9 Å². The summed E-state index contributed by atoms with van der Waals surface area (Å²) in [6.45, 7) is 5.64. The van der Waals surface area contributed by atoms with E-state index in [1.165, 1.54) is 15.3 Å². The number of carbonyl (C=O) groups is 1. The Morgan fingerprint density at radius 3 is 2.93 bits per heavy atom. The number of fused-ring (bicyclic) bond motifs is 1. The zero-order valence-corrected chi connectivity index (χ0v) is 16.8. The molecule has 4 rings (SSSR count). The highest BCUT2D eigenvalue weighted by molar-refractivity contribution is 7.14. The van der Waals surface area contributed by atoms with Crippen molar-refractivity contribution in [2.24, 2.45) is 0 Å². The zero-order valence-electron chi connectivity index (χ0n) is 15.9. The SMILES string of the molecule is Cc1ccc(C(=O)C[NH+](Cc2ccc3cccnc3c2)C2CCN(C)C2)s1. The fourth-order valence-electron chi connectivity index (χ4n) is 3.98. The van der Waals surface area contributed by atoms with Crippen LogP contribution in [0.2, 0.25) is 0 Å². The maximum atomic E-state index is 12.9. The van der Waals surface area contributed by atoms with E-state index in [1.807, 2.05) is 24.4 Å². The minimum Gasteiger partial charge on any atom is -0.321 e. The van der Waals surface area contributed by atoms with Gasteiger partial charge in [-0.2, -0.15) is 0 Å². The van der Waals surface area contributed by atoms with Crippen LogP contribution in [0, 0.1) is 6.92 Å². The largest absolute Gasteiger partial charge is 0.321 e. The number of quaternary nitrogens is 1. The Labute approximate surface area is 164 Å². The lowest BCUT2D eigenvalue weighted by molar-refractivity contribution is -0.928. The van der Waals surface area contributed by atoms with Crippen LogP contribution in [0.5, 0.6) is 0 Å². The quantitative estimate of drug-likeness (QED) is 0.668. The van der Waals surface area contributed by atoms with Crippen LogP contribution in [0.1, 0.15) is 26.5 Å². The average molecular weight is 381 g/mol. The number of benzene rings is 1. The van der Waals surface area contributed by atoms with Gasteiger partial charge in [0.1, 0.15) is 19.1 Å². The smallest absolute Gasteiger partial charge is 0.226 e. The van der Waals surface area contributed by atoms with Crippen LogP contribution >= 0.6 is 11.3 Å². The number of nitrogens with one attached hydrogen (secondary N) is 1. The molecule has 0 amide bonds. The van der Waals surface area contributed by atoms with Gasteiger partial charge in [0.05, 0.1) is 16.9 Å². The number of hydrogen-bond acceptors (Lipinski definition) is 4. The molecule has 3 aromatic rings. The molecule has 2 atom stereocenters. The molecule has 1 saturated heterocycles. The van der Waals surface area contributed by atoms with E-state index in [9.17, 15) is 4.79 Å². The first-order valence-corrected chi connectivity index (χ1v) is 10.4. The van der Waals surface area contributed by atoms with Gasteiger partial charge in [0.15, 0.2) is 0 Å². The summed E-state index contributed by atoms with van der Waals surface area (Å²) in [6, 6.07) is 15.1. The Kier molecular flexibility index (Phi) is 5.34. The van der Waals surface area contributed by atoms with Gasteiger partial charge in [-0.15, -0.1) is 11.3 Å². The molecule has 1 aromatic carbocycles. The molecule has 1 aliphatic rings. The van der Waals surface area contributed by atoms with E-state index in [4.69, 9.17) is 0 Å². The van der Waals surface area contributed by atoms with E-state index in [2.05, 4.69) is 48.1 Å². The molecule has 0 saturated carbocycles. The van der Waals surface area contributed by atoms with Crippen molar-refractivity contribution in [3.63, 3.8) is 0 Å². The van der Waals surface area contributed by atoms with Crippen molar-refractivity contribution < 1.29 is 9.69 Å². The molecule has 4 nitrogen and oxygen atoms in total. The standard InChI is InChI=1S/C22H25N3OS/c1-16-5-8-22(27-16)21(26)15-25(19-9-11-24(2)14-19)13-17-6-7-18-4-3-10-23-20(18)12-17/h3-8,10,12,19H,9,11,13-15H2,1-2H3/p+1. The number of ketones is 1. The Bertz CT molecular complexity index is 951. The monoisotopic (exact) mass is 380 g/mol. The molecule has 0 aliphatic carbocycles. The van der Waals surface area contributed by atoms with Crippen LogP contribution < -0.4 is 4.90 Å². The Hall–Kier alpha value is -2.08. The second kappa shape index (κ2) is 7.89. The molecular formula is C22H26N3OS+. The van der Waals surface area contributed by atoms with Crippen LogP contribution in [0.4, 0.5) is 0 Å². The van der Waals surface area contributed by atoms with Crippen molar-refractivity contribution >= 4 is 28.0 Å². The molecule has 0 radical (unpaired) electrons. The Balaban J connectivity index is 1.56. The molecule has 5 heteroatoms. The molecule has 1 aliphatic heterocycles. The second-order valence-corrected chi connectivity index (χ2v) is 8.91. The second-order valence-electron chi connectivity index (χ2n) is 7.62. The molecule has 1 fully saturated rings. The van der Waals surface area contributed by atoms with E-state index in [0.29, 0.717) is 12.6 Å². The van der Waals surface area contributed by atoms with Gasteiger partial charge in [0, 0.05) is 35.0 Å². The first-order chi connectivity index (χ1) is 13.1. The summed E-state index contributed by atoms with van der Waals surface area (Å²) in [4.78, 5) is 23.2. The van der Waals surface area contributed by atoms with Crippen molar-refractivity contribution in [3.8, 4) is 0 Å². The van der Waals surface area contributed by atoms with Gasteiger partial charge in [0.2, 0.25) is 5.78 Å². The predicted octanol–water partition coefficient (Wildman–Crippen LogP) is 2.58. The highest BCUT2D eigenvalue weighted by Crippen LogP contribution is 2.16. The normalized spacial score (nSPS) is 18.8. The number of carbonyl (C=O) groups excluding carboxylic acids is 1. The van der Waals surface area contributed by atoms with E-state index >= 15 is 0 Å². The van der Waals surface area contributed by atoms with E-state index in [-0.39, 0.29) is 5.78 Å². The molecular weight excluding hydrogens is 354 g/mol. The average Bonchev–Trinajstić information content (AvgIpc) is 3.29. The van der Waals surface area contributed by atoms with Crippen LogP contribution in [0.25, 0.3) is 10.9 Å². The number of nitrogens with zero attached hydrogens (tertiary/aromatic N) is 2. The van der Waals surface area contributed by atoms with E-state index in [1.54, 1.807) is 11.3 Å². The summed E-state index contributed by atoms with van der Waals surface area (Å²) < 4.78 is 0. The number of likely N-dealkylation sites (N-methyl/N-ethyl adjacent to an activating group) is 1. The molecule has 3 heterocycles. The molecule has 2 aromatic heterocycles. The number of thiophene rings is 1. The van der Waals surface area contributed by atoms with Crippen molar-refractivity contribution in [1.29, 1.82) is 0 Å². The van der Waals surface area contributed by atoms with Gasteiger partial charge in [-0.3, -0.25) is 9.78 Å². The number of likely N-dealkylation sites (tertiary alicyclic amines) is 1. The third-order valence-corrected chi connectivity index (χ3v) is 6.51. The molecule has 1 N–H and O–H groups in total. The topological polar surface area (TPSA) is 37.6 Å². The zero-order chi connectivity index (χ0) is 18.8. The number of aryl methyl sites for hydroxylation is 1. The lowest BCUT2D eigenvalue weighted by Gasteiger charge is -2.25. The van der Waals surface area contributed by atoms with Gasteiger partial charge in [-0.1, -0.05) is 18.2 Å². The molecule has 2 unspecified atom stereocenters. The summed E-state index contributed by atoms with van der Waals surface area (Å²) in [7, 11) is 2.17. The summed E-state index contributed by atoms with van der Waals surface area (Å²) in [5.74, 6) is 0.261. The Morgan fingerprint density at radius 1 is 1.30 bits per heavy atom. The third-order valence-electron chi connectivity index (χ3n) is 5.47. The number of rotatable bonds is 6. The molecule has 140 valence electrons. The maximum Gasteiger partial charge on any atom is 0.226 e. The maximum absolute atomic E-state index is 12.9. The van der Waals surface area contributed by atoms with Gasteiger partial charge in [-0.05, 0) is 38.2 Å². The van der Waals surface area contributed by atoms with Crippen LogP contribution in [-0.2, 0) is 6.54 Å². The highest BCUT2D eigenvalue weighted by Gasteiger charge is 2.31. The van der Waals surface area contributed by atoms with Gasteiger partial charge >= 0.3 is 0 Å². The van der Waals surface area contributed by atoms with Crippen LogP contribution in [0.3, 0.4) is 0 Å². The number of aromatic nitrogens is 1. The van der Waals surface area contributed by atoms with Gasteiger partial charge in [0.25, 0.3) is 0 Å². The minimum absolute atomic E-state index is 0.261. The van der Waals surface area contributed by atoms with E-state index < -0.39 is 0 Å². The first-order valence-electron chi connectivity index (χ1n) is 9.55. The van der Waals surface area contributed by atoms with Crippen LogP contribution in [0.15, 0.2) is 48.7 Å². The molecule has 0 spiro atoms. The Morgan fingerprint density at radius 2 is 2.19 bits per heavy atom. The van der Waals surface area contributed by atoms with Crippen molar-refractivity contribution in [2.75, 3.05) is 26.7 Å². The fourth-order valence-corrected chi connectivity index (χ4v) is 4.79. The van der Waals surface area contributed by atoms with E-state index in [0.717, 1.165) is 41.8 Å². The van der Waals surface area contributed by atoms with Crippen LogP contribution in [-0.4, -0.2) is 48.4 Å². The molecule has 27 heavy (non-hydrogen) atoms. The minimum atomic E-state index is 0.261. The summed E-state index contributed by atoms with van der Waals surface area (Å²) in [5, 5.41) is 1.16. The van der Waals surface area contributed by atoms with Gasteiger partial charge < -0.3 is 9.80 Å². The lowest BCUT2D eigenvalue weighted by atomic mass is 10.1. The number of hydrogen-bond donors (Lipinski definition) is 1. The first kappa shape index (κ1) is 18.3. The summed E-state index contributed by atoms with van der Waals surface area (Å²) in [5.41, 5.74) is 2.28. The molecule has 0 bridgehead atoms. The van der Waals surface area contributed by atoms with Gasteiger partial charge in [-0.25, -0.2) is 0 Å². The number of pyridine rings is 1. The third kappa shape index (κ3) is 4.26. The van der Waals surface area contributed by atoms with Crippen molar-refractivity contribution in [3.05, 3.63) is 64.0 Å².